The third-order valence-electron chi connectivity index (χ3n) is 5.51. The fraction of sp³-hybridized carbons (Fsp3) is 0.375. The molecule has 0 bridgehead atoms. The lowest BCUT2D eigenvalue weighted by Crippen LogP contribution is -2.38. The number of amides is 1. The molecule has 0 N–H and O–H groups in total. The van der Waals surface area contributed by atoms with Gasteiger partial charge in [0.05, 0.1) is 0 Å². The minimum atomic E-state index is -0.774. The molecule has 1 aromatic heterocycles. The van der Waals surface area contributed by atoms with Crippen LogP contribution in [-0.2, 0) is 33.8 Å². The number of hydrogen-bond acceptors (Lipinski definition) is 4. The molecule has 0 saturated heterocycles. The molecule has 1 aliphatic rings. The summed E-state index contributed by atoms with van der Waals surface area (Å²) in [5.74, 6) is -1.03. The molecule has 0 saturated carbocycles. The second-order valence-corrected chi connectivity index (χ2v) is 7.56. The molecule has 0 aliphatic carbocycles. The van der Waals surface area contributed by atoms with Crippen LogP contribution in [0.1, 0.15) is 41.4 Å². The summed E-state index contributed by atoms with van der Waals surface area (Å²) in [6.45, 7) is 7.69. The van der Waals surface area contributed by atoms with Crippen molar-refractivity contribution in [1.29, 1.82) is 5.26 Å². The summed E-state index contributed by atoms with van der Waals surface area (Å²) in [6, 6.07) is 11.9. The second-order valence-electron chi connectivity index (χ2n) is 7.56. The fourth-order valence-electron chi connectivity index (χ4n) is 3.84. The normalized spacial score (nSPS) is 13.5. The van der Waals surface area contributed by atoms with Crippen LogP contribution < -0.4 is 0 Å². The minimum absolute atomic E-state index is 0.108. The molecule has 3 rings (SSSR count). The van der Waals surface area contributed by atoms with Gasteiger partial charge in [-0.2, -0.15) is 5.26 Å². The van der Waals surface area contributed by atoms with E-state index in [0.717, 1.165) is 41.9 Å². The van der Waals surface area contributed by atoms with Crippen LogP contribution in [0.25, 0.3) is 6.08 Å². The smallest absolute Gasteiger partial charge is 0.349 e. The van der Waals surface area contributed by atoms with Crippen molar-refractivity contribution < 1.29 is 14.3 Å². The number of ether oxygens (including phenoxy) is 1. The Morgan fingerprint density at radius 1 is 1.23 bits per heavy atom. The first-order chi connectivity index (χ1) is 14.4. The molecule has 1 amide bonds. The summed E-state index contributed by atoms with van der Waals surface area (Å²) in [6.07, 6.45) is 3.32. The Kier molecular flexibility index (Phi) is 6.73. The number of carbonyl (C=O) groups excluding carboxylic acids is 2. The van der Waals surface area contributed by atoms with Gasteiger partial charge < -0.3 is 14.2 Å². The molecule has 1 aromatic carbocycles. The fourth-order valence-corrected chi connectivity index (χ4v) is 3.84. The van der Waals surface area contributed by atoms with Gasteiger partial charge in [0, 0.05) is 31.0 Å². The van der Waals surface area contributed by atoms with Crippen LogP contribution in [0.5, 0.6) is 0 Å². The van der Waals surface area contributed by atoms with E-state index < -0.39 is 5.97 Å². The van der Waals surface area contributed by atoms with E-state index in [1.54, 1.807) is 11.0 Å². The van der Waals surface area contributed by atoms with E-state index in [-0.39, 0.29) is 18.1 Å². The van der Waals surface area contributed by atoms with Gasteiger partial charge in [0.2, 0.25) is 0 Å². The first-order valence-electron chi connectivity index (χ1n) is 10.2. The Labute approximate surface area is 177 Å². The van der Waals surface area contributed by atoms with Crippen LogP contribution in [0.3, 0.4) is 0 Å². The highest BCUT2D eigenvalue weighted by molar-refractivity contribution is 5.99. The van der Waals surface area contributed by atoms with Gasteiger partial charge in [0.25, 0.3) is 5.91 Å². The van der Waals surface area contributed by atoms with Crippen LogP contribution in [0.15, 0.2) is 35.9 Å². The van der Waals surface area contributed by atoms with Crippen molar-refractivity contribution in [3.63, 3.8) is 0 Å². The van der Waals surface area contributed by atoms with Gasteiger partial charge in [-0.15, -0.1) is 0 Å². The van der Waals surface area contributed by atoms with Gasteiger partial charge in [-0.1, -0.05) is 31.2 Å². The summed E-state index contributed by atoms with van der Waals surface area (Å²) in [4.78, 5) is 26.6. The molecular weight excluding hydrogens is 378 g/mol. The topological polar surface area (TPSA) is 75.3 Å². The van der Waals surface area contributed by atoms with Crippen molar-refractivity contribution in [3.05, 3.63) is 64.0 Å². The number of aryl methyl sites for hydroxylation is 1. The maximum atomic E-state index is 12.5. The highest BCUT2D eigenvalue weighted by atomic mass is 16.5. The Bertz CT molecular complexity index is 1030. The zero-order chi connectivity index (χ0) is 21.7. The Balaban J connectivity index is 1.64. The van der Waals surface area contributed by atoms with Crippen molar-refractivity contribution in [2.75, 3.05) is 13.2 Å². The molecule has 0 atom stereocenters. The number of aromatic nitrogens is 1. The van der Waals surface area contributed by atoms with E-state index in [0.29, 0.717) is 13.1 Å². The summed E-state index contributed by atoms with van der Waals surface area (Å²) in [5, 5.41) is 9.43. The highest BCUT2D eigenvalue weighted by Crippen LogP contribution is 2.20. The molecule has 156 valence electrons. The van der Waals surface area contributed by atoms with E-state index in [2.05, 4.69) is 17.6 Å². The predicted molar refractivity (Wildman–Crippen MR) is 114 cm³/mol. The van der Waals surface area contributed by atoms with Gasteiger partial charge in [-0.05, 0) is 55.5 Å². The van der Waals surface area contributed by atoms with Crippen LogP contribution in [0.2, 0.25) is 0 Å². The molecular formula is C24H27N3O3. The van der Waals surface area contributed by atoms with E-state index >= 15 is 0 Å². The number of carbonyl (C=O) groups is 2. The molecule has 0 radical (unpaired) electrons. The number of esters is 1. The lowest BCUT2D eigenvalue weighted by atomic mass is 10.00. The predicted octanol–water partition coefficient (Wildman–Crippen LogP) is 3.55. The van der Waals surface area contributed by atoms with Crippen molar-refractivity contribution in [3.8, 4) is 6.07 Å². The van der Waals surface area contributed by atoms with E-state index in [4.69, 9.17) is 4.74 Å². The molecule has 6 nitrogen and oxygen atoms in total. The lowest BCUT2D eigenvalue weighted by Gasteiger charge is -2.28. The zero-order valence-corrected chi connectivity index (χ0v) is 17.8. The number of benzene rings is 1. The summed E-state index contributed by atoms with van der Waals surface area (Å²) in [7, 11) is 0. The molecule has 0 unspecified atom stereocenters. The average Bonchev–Trinajstić information content (AvgIpc) is 3.02. The lowest BCUT2D eigenvalue weighted by molar-refractivity contribution is -0.149. The van der Waals surface area contributed by atoms with E-state index in [1.165, 1.54) is 5.56 Å². The summed E-state index contributed by atoms with van der Waals surface area (Å²) in [5.41, 5.74) is 5.14. The van der Waals surface area contributed by atoms with Crippen molar-refractivity contribution in [1.82, 2.24) is 9.47 Å². The van der Waals surface area contributed by atoms with E-state index in [9.17, 15) is 14.9 Å². The Morgan fingerprint density at radius 2 is 1.97 bits per heavy atom. The maximum Gasteiger partial charge on any atom is 0.349 e. The number of hydrogen-bond donors (Lipinski definition) is 0. The first kappa shape index (κ1) is 21.4. The number of fused-ring (bicyclic) bond motifs is 1. The summed E-state index contributed by atoms with van der Waals surface area (Å²) < 4.78 is 7.32. The number of rotatable bonds is 6. The molecule has 0 fully saturated rings. The van der Waals surface area contributed by atoms with Gasteiger partial charge in [0.1, 0.15) is 11.6 Å². The number of nitrogens with zero attached hydrogens (tertiary/aromatic N) is 3. The quantitative estimate of drug-likeness (QED) is 0.418. The van der Waals surface area contributed by atoms with Crippen molar-refractivity contribution in [2.24, 2.45) is 0 Å². The Morgan fingerprint density at radius 3 is 2.67 bits per heavy atom. The SMILES string of the molecule is CCCn1c(C)cc(/C=C(\C#N)C(=O)OCC(=O)N2CCc3ccccc3C2)c1C. The van der Waals surface area contributed by atoms with Gasteiger partial charge in [0.15, 0.2) is 6.61 Å². The molecule has 0 spiro atoms. The van der Waals surface area contributed by atoms with Gasteiger partial charge in [-0.3, -0.25) is 4.79 Å². The highest BCUT2D eigenvalue weighted by Gasteiger charge is 2.22. The molecule has 30 heavy (non-hydrogen) atoms. The average molecular weight is 405 g/mol. The third-order valence-corrected chi connectivity index (χ3v) is 5.51. The van der Waals surface area contributed by atoms with Gasteiger partial charge >= 0.3 is 5.97 Å². The first-order valence-corrected chi connectivity index (χ1v) is 10.2. The molecule has 1 aliphatic heterocycles. The van der Waals surface area contributed by atoms with Gasteiger partial charge in [-0.25, -0.2) is 4.79 Å². The molecule has 6 heteroatoms. The Hall–Kier alpha value is -3.33. The van der Waals surface area contributed by atoms with Crippen LogP contribution in [0, 0.1) is 25.2 Å². The van der Waals surface area contributed by atoms with Crippen molar-refractivity contribution >= 4 is 18.0 Å². The van der Waals surface area contributed by atoms with Crippen LogP contribution >= 0.6 is 0 Å². The van der Waals surface area contributed by atoms with Crippen molar-refractivity contribution in [2.45, 2.75) is 46.7 Å². The second kappa shape index (κ2) is 9.45. The third kappa shape index (κ3) is 4.62. The van der Waals surface area contributed by atoms with E-state index in [1.807, 2.05) is 44.2 Å². The standard InChI is InChI=1S/C24H27N3O3/c1-4-10-27-17(2)12-21(18(27)3)13-22(14-25)24(29)30-16-23(28)26-11-9-19-7-5-6-8-20(19)15-26/h5-8,12-13H,4,9-11,15-16H2,1-3H3/b22-13+. The molecule has 2 heterocycles. The van der Waals surface area contributed by atoms with Crippen LogP contribution in [0.4, 0.5) is 0 Å². The molecule has 2 aromatic rings. The number of nitriles is 1. The summed E-state index contributed by atoms with van der Waals surface area (Å²) >= 11 is 0. The maximum absolute atomic E-state index is 12.5. The van der Waals surface area contributed by atoms with Crippen LogP contribution in [-0.4, -0.2) is 34.5 Å². The minimum Gasteiger partial charge on any atom is -0.451 e. The monoisotopic (exact) mass is 405 g/mol. The largest absolute Gasteiger partial charge is 0.451 e. The zero-order valence-electron chi connectivity index (χ0n) is 17.8.